The normalized spacial score (nSPS) is 24.9. The molecular formula is C14H24N4O2S. The maximum absolute atomic E-state index is 13.0. The molecule has 0 amide bonds. The van der Waals surface area contributed by atoms with Crippen LogP contribution in [0.15, 0.2) is 11.2 Å². The van der Waals surface area contributed by atoms with Crippen LogP contribution in [0.5, 0.6) is 0 Å². The van der Waals surface area contributed by atoms with Crippen molar-refractivity contribution in [3.63, 3.8) is 0 Å². The molecule has 118 valence electrons. The molecule has 3 rings (SSSR count). The number of sulfonamides is 1. The van der Waals surface area contributed by atoms with Crippen molar-refractivity contribution in [3.8, 4) is 0 Å². The minimum absolute atomic E-state index is 0.184. The molecule has 0 radical (unpaired) electrons. The van der Waals surface area contributed by atoms with Crippen molar-refractivity contribution >= 4 is 10.0 Å². The van der Waals surface area contributed by atoms with Gasteiger partial charge in [-0.25, -0.2) is 8.42 Å². The number of nitrogens with zero attached hydrogens (tertiary/aromatic N) is 2. The summed E-state index contributed by atoms with van der Waals surface area (Å²) in [7, 11) is -1.65. The van der Waals surface area contributed by atoms with Crippen LogP contribution in [0, 0.1) is 5.92 Å². The first-order valence-corrected chi connectivity index (χ1v) is 9.27. The highest BCUT2D eigenvalue weighted by molar-refractivity contribution is 7.89. The Kier molecular flexibility index (Phi) is 4.33. The van der Waals surface area contributed by atoms with Crippen molar-refractivity contribution < 1.29 is 8.42 Å². The van der Waals surface area contributed by atoms with Gasteiger partial charge in [0.1, 0.15) is 0 Å². The third kappa shape index (κ3) is 2.74. The smallest absolute Gasteiger partial charge is 0.260 e. The van der Waals surface area contributed by atoms with Gasteiger partial charge < -0.3 is 5.32 Å². The van der Waals surface area contributed by atoms with E-state index in [4.69, 9.17) is 0 Å². The highest BCUT2D eigenvalue weighted by atomic mass is 32.2. The van der Waals surface area contributed by atoms with Crippen LogP contribution < -0.4 is 5.32 Å². The van der Waals surface area contributed by atoms with E-state index >= 15 is 0 Å². The summed E-state index contributed by atoms with van der Waals surface area (Å²) in [5.74, 6) is 0.540. The summed E-state index contributed by atoms with van der Waals surface area (Å²) < 4.78 is 27.7. The fourth-order valence-corrected chi connectivity index (χ4v) is 5.70. The molecule has 1 saturated heterocycles. The third-order valence-corrected chi connectivity index (χ3v) is 6.74. The molecule has 1 unspecified atom stereocenters. The summed E-state index contributed by atoms with van der Waals surface area (Å²) in [6, 6.07) is 0.184. The van der Waals surface area contributed by atoms with Crippen LogP contribution in [0.4, 0.5) is 0 Å². The first kappa shape index (κ1) is 15.0. The van der Waals surface area contributed by atoms with Gasteiger partial charge in [-0.2, -0.15) is 9.40 Å². The van der Waals surface area contributed by atoms with Crippen molar-refractivity contribution in [1.82, 2.24) is 19.8 Å². The van der Waals surface area contributed by atoms with E-state index in [1.54, 1.807) is 17.5 Å². The summed E-state index contributed by atoms with van der Waals surface area (Å²) in [6.07, 6.45) is 8.39. The van der Waals surface area contributed by atoms with Crippen molar-refractivity contribution in [2.45, 2.75) is 56.1 Å². The zero-order valence-electron chi connectivity index (χ0n) is 12.5. The van der Waals surface area contributed by atoms with E-state index in [2.05, 4.69) is 15.5 Å². The molecule has 21 heavy (non-hydrogen) atoms. The minimum atomic E-state index is -3.46. The number of aromatic nitrogens is 2. The van der Waals surface area contributed by atoms with E-state index in [0.717, 1.165) is 18.4 Å². The van der Waals surface area contributed by atoms with Crippen LogP contribution in [0.1, 0.15) is 44.1 Å². The zero-order chi connectivity index (χ0) is 14.9. The SMILES string of the molecule is CNCc1cn[nH]c1S(=O)(=O)N1CCCC1C1CCCC1. The first-order chi connectivity index (χ1) is 10.1. The minimum Gasteiger partial charge on any atom is -0.316 e. The molecule has 0 aromatic carbocycles. The van der Waals surface area contributed by atoms with Crippen LogP contribution in [-0.4, -0.2) is 42.6 Å². The van der Waals surface area contributed by atoms with Gasteiger partial charge >= 0.3 is 0 Å². The molecule has 0 spiro atoms. The second kappa shape index (κ2) is 6.06. The van der Waals surface area contributed by atoms with Gasteiger partial charge in [0.25, 0.3) is 10.0 Å². The lowest BCUT2D eigenvalue weighted by molar-refractivity contribution is 0.287. The quantitative estimate of drug-likeness (QED) is 0.863. The Bertz CT molecular complexity index is 578. The highest BCUT2D eigenvalue weighted by Gasteiger charge is 2.41. The lowest BCUT2D eigenvalue weighted by Crippen LogP contribution is -2.40. The number of H-pyrrole nitrogens is 1. The lowest BCUT2D eigenvalue weighted by Gasteiger charge is -2.28. The standard InChI is InChI=1S/C14H24N4O2S/c1-15-9-12-10-16-17-14(12)21(19,20)18-8-4-7-13(18)11-5-2-3-6-11/h10-11,13,15H,2-9H2,1H3,(H,16,17). The molecule has 1 aliphatic carbocycles. The fourth-order valence-electron chi connectivity index (χ4n) is 3.83. The van der Waals surface area contributed by atoms with Crippen molar-refractivity contribution in [1.29, 1.82) is 0 Å². The Morgan fingerprint density at radius 2 is 2.10 bits per heavy atom. The Morgan fingerprint density at radius 3 is 2.81 bits per heavy atom. The molecule has 1 aromatic heterocycles. The highest BCUT2D eigenvalue weighted by Crippen LogP contribution is 2.38. The lowest BCUT2D eigenvalue weighted by atomic mass is 9.97. The summed E-state index contributed by atoms with van der Waals surface area (Å²) in [4.78, 5) is 0. The van der Waals surface area contributed by atoms with Gasteiger partial charge in [-0.1, -0.05) is 12.8 Å². The molecule has 1 aromatic rings. The van der Waals surface area contributed by atoms with E-state index in [1.807, 2.05) is 0 Å². The van der Waals surface area contributed by atoms with Gasteiger partial charge in [0.15, 0.2) is 5.03 Å². The maximum atomic E-state index is 13.0. The monoisotopic (exact) mass is 312 g/mol. The van der Waals surface area contributed by atoms with E-state index in [1.165, 1.54) is 25.7 Å². The number of nitrogens with one attached hydrogen (secondary N) is 2. The van der Waals surface area contributed by atoms with Crippen LogP contribution in [-0.2, 0) is 16.6 Å². The van der Waals surface area contributed by atoms with Crippen LogP contribution in [0.25, 0.3) is 0 Å². The summed E-state index contributed by atoms with van der Waals surface area (Å²) in [5.41, 5.74) is 0.717. The summed E-state index contributed by atoms with van der Waals surface area (Å²) in [5, 5.41) is 9.89. The average molecular weight is 312 g/mol. The molecular weight excluding hydrogens is 288 g/mol. The topological polar surface area (TPSA) is 78.1 Å². The molecule has 0 bridgehead atoms. The van der Waals surface area contributed by atoms with Crippen LogP contribution in [0.2, 0.25) is 0 Å². The van der Waals surface area contributed by atoms with Gasteiger partial charge in [-0.05, 0) is 38.6 Å². The number of hydrogen-bond acceptors (Lipinski definition) is 4. The predicted octanol–water partition coefficient (Wildman–Crippen LogP) is 1.47. The van der Waals surface area contributed by atoms with Gasteiger partial charge in [-0.3, -0.25) is 5.10 Å². The predicted molar refractivity (Wildman–Crippen MR) is 80.2 cm³/mol. The second-order valence-corrected chi connectivity index (χ2v) is 7.95. The number of aromatic amines is 1. The van der Waals surface area contributed by atoms with Crippen LogP contribution in [0.3, 0.4) is 0 Å². The molecule has 2 N–H and O–H groups in total. The molecule has 1 saturated carbocycles. The van der Waals surface area contributed by atoms with Gasteiger partial charge in [0, 0.05) is 24.7 Å². The molecule has 2 heterocycles. The van der Waals surface area contributed by atoms with Crippen LogP contribution >= 0.6 is 0 Å². The zero-order valence-corrected chi connectivity index (χ0v) is 13.3. The summed E-state index contributed by atoms with van der Waals surface area (Å²) in [6.45, 7) is 1.15. The van der Waals surface area contributed by atoms with Gasteiger partial charge in [0.2, 0.25) is 0 Å². The van der Waals surface area contributed by atoms with Crippen molar-refractivity contribution in [2.75, 3.05) is 13.6 Å². The van der Waals surface area contributed by atoms with E-state index < -0.39 is 10.0 Å². The van der Waals surface area contributed by atoms with Gasteiger partial charge in [0.05, 0.1) is 6.20 Å². The molecule has 6 nitrogen and oxygen atoms in total. The van der Waals surface area contributed by atoms with Crippen molar-refractivity contribution in [2.24, 2.45) is 5.92 Å². The van der Waals surface area contributed by atoms with E-state index in [-0.39, 0.29) is 11.1 Å². The first-order valence-electron chi connectivity index (χ1n) is 7.83. The molecule has 7 heteroatoms. The number of hydrogen-bond donors (Lipinski definition) is 2. The average Bonchev–Trinajstić information content (AvgIpc) is 3.20. The molecule has 1 aliphatic heterocycles. The molecule has 1 atom stereocenters. The Balaban J connectivity index is 1.87. The maximum Gasteiger partial charge on any atom is 0.260 e. The Morgan fingerprint density at radius 1 is 1.33 bits per heavy atom. The van der Waals surface area contributed by atoms with Gasteiger partial charge in [-0.15, -0.1) is 0 Å². The van der Waals surface area contributed by atoms with E-state index in [9.17, 15) is 8.42 Å². The third-order valence-electron chi connectivity index (χ3n) is 4.80. The Labute approximate surface area is 126 Å². The Hall–Kier alpha value is -0.920. The molecule has 2 aliphatic rings. The molecule has 2 fully saturated rings. The second-order valence-electron chi connectivity index (χ2n) is 6.12. The number of rotatable bonds is 5. The van der Waals surface area contributed by atoms with E-state index in [0.29, 0.717) is 19.0 Å². The fraction of sp³-hybridized carbons (Fsp3) is 0.786. The summed E-state index contributed by atoms with van der Waals surface area (Å²) >= 11 is 0. The van der Waals surface area contributed by atoms with Crippen molar-refractivity contribution in [3.05, 3.63) is 11.8 Å². The largest absolute Gasteiger partial charge is 0.316 e.